The number of hydrogen-bond acceptors (Lipinski definition) is 4. The summed E-state index contributed by atoms with van der Waals surface area (Å²) in [6, 6.07) is 13.4. The van der Waals surface area contributed by atoms with Gasteiger partial charge in [-0.05, 0) is 44.5 Å². The van der Waals surface area contributed by atoms with Crippen molar-refractivity contribution in [3.05, 3.63) is 53.6 Å². The van der Waals surface area contributed by atoms with Gasteiger partial charge in [0.25, 0.3) is 5.91 Å². The molecule has 0 radical (unpaired) electrons. The molecule has 5 nitrogen and oxygen atoms in total. The average molecular weight is 341 g/mol. The second-order valence-electron chi connectivity index (χ2n) is 6.27. The Bertz CT molecular complexity index is 759. The molecular weight excluding hydrogens is 318 g/mol. The minimum absolute atomic E-state index is 0.178. The number of ether oxygens (including phenoxy) is 3. The largest absolute Gasteiger partial charge is 0.486 e. The third kappa shape index (κ3) is 4.24. The van der Waals surface area contributed by atoms with Gasteiger partial charge in [-0.1, -0.05) is 29.8 Å². The molecule has 0 aromatic heterocycles. The smallest absolute Gasteiger partial charge is 0.260 e. The first-order chi connectivity index (χ1) is 12.0. The highest BCUT2D eigenvalue weighted by molar-refractivity contribution is 5.80. The van der Waals surface area contributed by atoms with Gasteiger partial charge in [-0.3, -0.25) is 4.79 Å². The molecule has 0 unspecified atom stereocenters. The lowest BCUT2D eigenvalue weighted by Crippen LogP contribution is -2.44. The van der Waals surface area contributed by atoms with Gasteiger partial charge >= 0.3 is 0 Å². The van der Waals surface area contributed by atoms with E-state index in [1.807, 2.05) is 56.3 Å². The zero-order valence-corrected chi connectivity index (χ0v) is 14.7. The molecule has 2 aromatic carbocycles. The summed E-state index contributed by atoms with van der Waals surface area (Å²) in [5.41, 5.74) is 2.18. The Morgan fingerprint density at radius 1 is 1.24 bits per heavy atom. The van der Waals surface area contributed by atoms with E-state index in [4.69, 9.17) is 14.2 Å². The second kappa shape index (κ2) is 7.47. The molecule has 25 heavy (non-hydrogen) atoms. The van der Waals surface area contributed by atoms with E-state index in [0.29, 0.717) is 18.9 Å². The van der Waals surface area contributed by atoms with Crippen molar-refractivity contribution in [1.29, 1.82) is 0 Å². The number of fused-ring (bicyclic) bond motifs is 1. The zero-order valence-electron chi connectivity index (χ0n) is 14.7. The van der Waals surface area contributed by atoms with Gasteiger partial charge in [0.05, 0.1) is 6.54 Å². The molecule has 0 spiro atoms. The molecule has 0 aliphatic carbocycles. The first-order valence-electron chi connectivity index (χ1n) is 8.43. The number of nitrogens with one attached hydrogen (secondary N) is 1. The monoisotopic (exact) mass is 341 g/mol. The Hall–Kier alpha value is -2.69. The fourth-order valence-corrected chi connectivity index (χ4v) is 2.70. The number of carbonyl (C=O) groups excluding carboxylic acids is 1. The summed E-state index contributed by atoms with van der Waals surface area (Å²) in [5.74, 6) is 1.98. The summed E-state index contributed by atoms with van der Waals surface area (Å²) < 4.78 is 17.2. The zero-order chi connectivity index (χ0) is 17.8. The van der Waals surface area contributed by atoms with Crippen LogP contribution in [0.4, 0.5) is 0 Å². The van der Waals surface area contributed by atoms with Crippen molar-refractivity contribution in [1.82, 2.24) is 5.32 Å². The van der Waals surface area contributed by atoms with Crippen LogP contribution in [0.5, 0.6) is 17.2 Å². The van der Waals surface area contributed by atoms with Crippen LogP contribution in [0, 0.1) is 13.8 Å². The number of carbonyl (C=O) groups is 1. The highest BCUT2D eigenvalue weighted by Crippen LogP contribution is 2.30. The van der Waals surface area contributed by atoms with Gasteiger partial charge in [-0.2, -0.15) is 0 Å². The van der Waals surface area contributed by atoms with Gasteiger partial charge in [0.1, 0.15) is 18.5 Å². The summed E-state index contributed by atoms with van der Waals surface area (Å²) in [6.45, 7) is 6.51. The number of hydrogen-bond donors (Lipinski definition) is 1. The predicted octanol–water partition coefficient (Wildman–Crippen LogP) is 3.03. The molecule has 0 saturated carbocycles. The van der Waals surface area contributed by atoms with Crippen LogP contribution in [0.25, 0.3) is 0 Å². The molecule has 2 atom stereocenters. The number of rotatable bonds is 5. The maximum absolute atomic E-state index is 12.3. The van der Waals surface area contributed by atoms with Crippen LogP contribution in [0.3, 0.4) is 0 Å². The fourth-order valence-electron chi connectivity index (χ4n) is 2.70. The highest BCUT2D eigenvalue weighted by Gasteiger charge is 2.23. The Morgan fingerprint density at radius 2 is 2.00 bits per heavy atom. The van der Waals surface area contributed by atoms with Crippen LogP contribution in [0.15, 0.2) is 42.5 Å². The quantitative estimate of drug-likeness (QED) is 0.908. The number of aryl methyl sites for hydroxylation is 2. The first-order valence-corrected chi connectivity index (χ1v) is 8.43. The van der Waals surface area contributed by atoms with Crippen molar-refractivity contribution in [2.24, 2.45) is 0 Å². The molecule has 1 aliphatic rings. The fraction of sp³-hybridized carbons (Fsp3) is 0.350. The van der Waals surface area contributed by atoms with E-state index in [0.717, 1.165) is 22.6 Å². The molecule has 5 heteroatoms. The van der Waals surface area contributed by atoms with Crippen LogP contribution in [-0.4, -0.2) is 31.3 Å². The molecule has 0 bridgehead atoms. The molecule has 1 heterocycles. The van der Waals surface area contributed by atoms with Gasteiger partial charge in [-0.25, -0.2) is 0 Å². The SMILES string of the molecule is Cc1ccc(O[C@H](C)C(=O)NC[C@@H]2COc3ccccc3O2)c(C)c1. The average Bonchev–Trinajstić information content (AvgIpc) is 2.61. The molecule has 3 rings (SSSR count). The van der Waals surface area contributed by atoms with Crippen molar-refractivity contribution >= 4 is 5.91 Å². The first kappa shape index (κ1) is 17.1. The highest BCUT2D eigenvalue weighted by atomic mass is 16.6. The lowest BCUT2D eigenvalue weighted by molar-refractivity contribution is -0.127. The molecule has 1 aliphatic heterocycles. The van der Waals surface area contributed by atoms with Gasteiger partial charge in [-0.15, -0.1) is 0 Å². The van der Waals surface area contributed by atoms with Gasteiger partial charge in [0, 0.05) is 0 Å². The van der Waals surface area contributed by atoms with Gasteiger partial charge in [0.2, 0.25) is 0 Å². The summed E-state index contributed by atoms with van der Waals surface area (Å²) in [5, 5.41) is 2.87. The van der Waals surface area contributed by atoms with Crippen LogP contribution >= 0.6 is 0 Å². The van der Waals surface area contributed by atoms with Gasteiger partial charge in [0.15, 0.2) is 17.6 Å². The molecule has 132 valence electrons. The maximum atomic E-state index is 12.3. The van der Waals surface area contributed by atoms with Crippen molar-refractivity contribution < 1.29 is 19.0 Å². The summed E-state index contributed by atoms with van der Waals surface area (Å²) >= 11 is 0. The topological polar surface area (TPSA) is 56.8 Å². The Labute approximate surface area is 147 Å². The van der Waals surface area contributed by atoms with E-state index >= 15 is 0 Å². The predicted molar refractivity (Wildman–Crippen MR) is 95.4 cm³/mol. The van der Waals surface area contributed by atoms with Crippen LogP contribution in [0.2, 0.25) is 0 Å². The summed E-state index contributed by atoms with van der Waals surface area (Å²) in [6.07, 6.45) is -0.801. The molecule has 0 saturated heterocycles. The molecule has 0 fully saturated rings. The van der Waals surface area contributed by atoms with Crippen LogP contribution < -0.4 is 19.5 Å². The van der Waals surface area contributed by atoms with E-state index in [2.05, 4.69) is 5.32 Å². The lowest BCUT2D eigenvalue weighted by Gasteiger charge is -2.27. The van der Waals surface area contributed by atoms with Crippen LogP contribution in [0.1, 0.15) is 18.1 Å². The minimum Gasteiger partial charge on any atom is -0.486 e. The Morgan fingerprint density at radius 3 is 2.76 bits per heavy atom. The Kier molecular flexibility index (Phi) is 5.12. The maximum Gasteiger partial charge on any atom is 0.260 e. The van der Waals surface area contributed by atoms with Crippen molar-refractivity contribution in [3.8, 4) is 17.2 Å². The summed E-state index contributed by atoms with van der Waals surface area (Å²) in [7, 11) is 0. The Balaban J connectivity index is 1.51. The molecular formula is C20H23NO4. The standard InChI is InChI=1S/C20H23NO4/c1-13-8-9-17(14(2)10-13)24-15(3)20(22)21-11-16-12-23-18-6-4-5-7-19(18)25-16/h4-10,15-16H,11-12H2,1-3H3,(H,21,22)/t15-,16-/m1/s1. The third-order valence-electron chi connectivity index (χ3n) is 4.07. The van der Waals surface area contributed by atoms with E-state index in [9.17, 15) is 4.79 Å². The van der Waals surface area contributed by atoms with Crippen molar-refractivity contribution in [3.63, 3.8) is 0 Å². The van der Waals surface area contributed by atoms with Crippen molar-refractivity contribution in [2.45, 2.75) is 33.0 Å². The lowest BCUT2D eigenvalue weighted by atomic mass is 10.1. The molecule has 1 N–H and O–H groups in total. The summed E-state index contributed by atoms with van der Waals surface area (Å²) in [4.78, 5) is 12.3. The molecule has 2 aromatic rings. The van der Waals surface area contributed by atoms with E-state index < -0.39 is 6.10 Å². The van der Waals surface area contributed by atoms with E-state index in [1.54, 1.807) is 6.92 Å². The number of benzene rings is 2. The number of amides is 1. The van der Waals surface area contributed by atoms with Gasteiger partial charge < -0.3 is 19.5 Å². The third-order valence-corrected chi connectivity index (χ3v) is 4.07. The normalized spacial score (nSPS) is 16.8. The van der Waals surface area contributed by atoms with E-state index in [1.165, 1.54) is 0 Å². The van der Waals surface area contributed by atoms with Crippen molar-refractivity contribution in [2.75, 3.05) is 13.2 Å². The van der Waals surface area contributed by atoms with E-state index in [-0.39, 0.29) is 12.0 Å². The number of para-hydroxylation sites is 2. The minimum atomic E-state index is -0.585. The molecule has 1 amide bonds. The van der Waals surface area contributed by atoms with Crippen LogP contribution in [-0.2, 0) is 4.79 Å². The second-order valence-corrected chi connectivity index (χ2v) is 6.27.